The average Bonchev–Trinajstić information content (AvgIpc) is 3.79. The van der Waals surface area contributed by atoms with Crippen LogP contribution >= 0.6 is 0 Å². The highest BCUT2D eigenvalue weighted by atomic mass is 16.5. The Morgan fingerprint density at radius 3 is 1.64 bits per heavy atom. The first kappa shape index (κ1) is 28.7. The van der Waals surface area contributed by atoms with E-state index in [1.807, 2.05) is 13.0 Å². The van der Waals surface area contributed by atoms with Crippen LogP contribution in [0.3, 0.4) is 0 Å². The second kappa shape index (κ2) is 16.8. The third kappa shape index (κ3) is 12.9. The minimum atomic E-state index is -0.178. The molecule has 0 atom stereocenters. The fourth-order valence-electron chi connectivity index (χ4n) is 4.98. The van der Waals surface area contributed by atoms with E-state index in [4.69, 9.17) is 9.47 Å². The predicted octanol–water partition coefficient (Wildman–Crippen LogP) is 9.12. The molecule has 0 spiro atoms. The normalized spacial score (nSPS) is 15.1. The molecule has 2 fully saturated rings. The van der Waals surface area contributed by atoms with Crippen molar-refractivity contribution < 1.29 is 19.1 Å². The molecule has 2 aliphatic carbocycles. The Balaban J connectivity index is 1.23. The highest BCUT2D eigenvalue weighted by Gasteiger charge is 2.20. The van der Waals surface area contributed by atoms with Crippen LogP contribution < -0.4 is 9.47 Å². The molecule has 1 aromatic carbocycles. The molecule has 0 radical (unpaired) electrons. The van der Waals surface area contributed by atoms with Crippen molar-refractivity contribution in [3.63, 3.8) is 0 Å². The second-order valence-electron chi connectivity index (χ2n) is 11.3. The van der Waals surface area contributed by atoms with Gasteiger partial charge >= 0.3 is 11.9 Å². The van der Waals surface area contributed by atoms with Gasteiger partial charge in [0.1, 0.15) is 11.5 Å². The van der Waals surface area contributed by atoms with E-state index in [0.29, 0.717) is 24.3 Å². The summed E-state index contributed by atoms with van der Waals surface area (Å²) in [6.07, 6.45) is 24.6. The highest BCUT2D eigenvalue weighted by molar-refractivity contribution is 5.74. The van der Waals surface area contributed by atoms with E-state index in [1.54, 1.807) is 12.1 Å². The Morgan fingerprint density at radius 2 is 1.14 bits per heavy atom. The van der Waals surface area contributed by atoms with Crippen molar-refractivity contribution >= 4 is 11.9 Å². The smallest absolute Gasteiger partial charge is 0.311 e. The molecule has 0 unspecified atom stereocenters. The van der Waals surface area contributed by atoms with Gasteiger partial charge in [0.05, 0.1) is 0 Å². The zero-order valence-corrected chi connectivity index (χ0v) is 22.9. The number of hydrogen-bond donors (Lipinski definition) is 0. The summed E-state index contributed by atoms with van der Waals surface area (Å²) in [4.78, 5) is 24.6. The third-order valence-corrected chi connectivity index (χ3v) is 7.75. The molecule has 0 amide bonds. The van der Waals surface area contributed by atoms with E-state index in [0.717, 1.165) is 49.5 Å². The molecule has 36 heavy (non-hydrogen) atoms. The summed E-state index contributed by atoms with van der Waals surface area (Å²) in [7, 11) is 0. The molecule has 3 rings (SSSR count). The van der Waals surface area contributed by atoms with Crippen molar-refractivity contribution in [2.75, 3.05) is 0 Å². The molecule has 4 nitrogen and oxygen atoms in total. The molecule has 0 bridgehead atoms. The summed E-state index contributed by atoms with van der Waals surface area (Å²) in [5, 5.41) is 0. The zero-order valence-electron chi connectivity index (χ0n) is 22.9. The molecule has 0 saturated heterocycles. The fourth-order valence-corrected chi connectivity index (χ4v) is 4.98. The van der Waals surface area contributed by atoms with Crippen molar-refractivity contribution in [2.45, 2.75) is 142 Å². The molecular weight excluding hydrogens is 448 g/mol. The Hall–Kier alpha value is -1.84. The first-order chi connectivity index (χ1) is 17.6. The largest absolute Gasteiger partial charge is 0.427 e. The second-order valence-corrected chi connectivity index (χ2v) is 11.3. The Morgan fingerprint density at radius 1 is 0.667 bits per heavy atom. The fraction of sp³-hybridized carbons (Fsp3) is 0.750. The van der Waals surface area contributed by atoms with E-state index in [1.165, 1.54) is 89.9 Å². The zero-order chi connectivity index (χ0) is 25.4. The molecule has 0 heterocycles. The van der Waals surface area contributed by atoms with Gasteiger partial charge in [0.2, 0.25) is 0 Å². The quantitative estimate of drug-likeness (QED) is 0.0963. The molecular formula is C32H50O4. The van der Waals surface area contributed by atoms with Gasteiger partial charge in [-0.25, -0.2) is 0 Å². The van der Waals surface area contributed by atoms with E-state index < -0.39 is 0 Å². The van der Waals surface area contributed by atoms with Crippen LogP contribution in [0, 0.1) is 11.8 Å². The summed E-state index contributed by atoms with van der Waals surface area (Å²) in [6.45, 7) is 2.02. The van der Waals surface area contributed by atoms with E-state index >= 15 is 0 Å². The number of ether oxygens (including phenoxy) is 2. The van der Waals surface area contributed by atoms with Gasteiger partial charge in [0, 0.05) is 12.8 Å². The molecule has 202 valence electrons. The van der Waals surface area contributed by atoms with Gasteiger partial charge in [0.25, 0.3) is 0 Å². The van der Waals surface area contributed by atoms with Crippen LogP contribution in [-0.2, 0) is 16.0 Å². The number of esters is 2. The lowest BCUT2D eigenvalue weighted by Gasteiger charge is -2.11. The first-order valence-corrected chi connectivity index (χ1v) is 15.2. The van der Waals surface area contributed by atoms with Crippen LogP contribution in [0.15, 0.2) is 18.2 Å². The lowest BCUT2D eigenvalue weighted by Crippen LogP contribution is -2.10. The third-order valence-electron chi connectivity index (χ3n) is 7.75. The Kier molecular flexibility index (Phi) is 13.4. The van der Waals surface area contributed by atoms with E-state index in [9.17, 15) is 9.59 Å². The summed E-state index contributed by atoms with van der Waals surface area (Å²) in [6, 6.07) is 5.34. The van der Waals surface area contributed by atoms with Crippen LogP contribution in [0.1, 0.15) is 141 Å². The molecule has 2 aliphatic rings. The monoisotopic (exact) mass is 498 g/mol. The standard InChI is InChI=1S/C32H50O4/c1-2-28-25-29(35-31(33)17-13-9-5-3-7-11-15-26-19-20-26)23-24-30(28)36-32(34)18-14-10-6-4-8-12-16-27-21-22-27/h23-27H,2-22H2,1H3. The van der Waals surface area contributed by atoms with Crippen molar-refractivity contribution in [1.29, 1.82) is 0 Å². The summed E-state index contributed by atoms with van der Waals surface area (Å²) in [5.41, 5.74) is 0.899. The van der Waals surface area contributed by atoms with Gasteiger partial charge < -0.3 is 9.47 Å². The van der Waals surface area contributed by atoms with Gasteiger partial charge in [-0.15, -0.1) is 0 Å². The van der Waals surface area contributed by atoms with Crippen LogP contribution in [0.2, 0.25) is 0 Å². The molecule has 2 saturated carbocycles. The van der Waals surface area contributed by atoms with Crippen molar-refractivity contribution in [3.8, 4) is 11.5 Å². The molecule has 0 aliphatic heterocycles. The number of carbonyl (C=O) groups is 2. The van der Waals surface area contributed by atoms with Crippen LogP contribution in [0.5, 0.6) is 11.5 Å². The van der Waals surface area contributed by atoms with Gasteiger partial charge in [-0.1, -0.05) is 110 Å². The topological polar surface area (TPSA) is 52.6 Å². The number of benzene rings is 1. The Bertz CT molecular complexity index is 778. The van der Waals surface area contributed by atoms with Crippen LogP contribution in [0.25, 0.3) is 0 Å². The number of hydrogen-bond acceptors (Lipinski definition) is 4. The van der Waals surface area contributed by atoms with Crippen LogP contribution in [0.4, 0.5) is 0 Å². The summed E-state index contributed by atoms with van der Waals surface area (Å²) >= 11 is 0. The minimum Gasteiger partial charge on any atom is -0.427 e. The number of unbranched alkanes of at least 4 members (excludes halogenated alkanes) is 10. The van der Waals surface area contributed by atoms with Gasteiger partial charge in [-0.3, -0.25) is 9.59 Å². The van der Waals surface area contributed by atoms with Crippen molar-refractivity contribution in [1.82, 2.24) is 0 Å². The number of carbonyl (C=O) groups excluding carboxylic acids is 2. The minimum absolute atomic E-state index is 0.171. The maximum Gasteiger partial charge on any atom is 0.311 e. The van der Waals surface area contributed by atoms with Gasteiger partial charge in [-0.05, 0) is 54.9 Å². The highest BCUT2D eigenvalue weighted by Crippen LogP contribution is 2.35. The van der Waals surface area contributed by atoms with Crippen LogP contribution in [-0.4, -0.2) is 11.9 Å². The molecule has 1 aromatic rings. The number of aryl methyl sites for hydroxylation is 1. The van der Waals surface area contributed by atoms with E-state index in [-0.39, 0.29) is 11.9 Å². The maximum atomic E-state index is 12.3. The molecule has 0 aromatic heterocycles. The van der Waals surface area contributed by atoms with E-state index in [2.05, 4.69) is 0 Å². The lowest BCUT2D eigenvalue weighted by molar-refractivity contribution is -0.135. The van der Waals surface area contributed by atoms with Crippen molar-refractivity contribution in [2.24, 2.45) is 11.8 Å². The first-order valence-electron chi connectivity index (χ1n) is 15.2. The maximum absolute atomic E-state index is 12.3. The van der Waals surface area contributed by atoms with Gasteiger partial charge in [-0.2, -0.15) is 0 Å². The lowest BCUT2D eigenvalue weighted by atomic mass is 10.1. The summed E-state index contributed by atoms with van der Waals surface area (Å²) < 4.78 is 11.2. The SMILES string of the molecule is CCc1cc(OC(=O)CCCCCCCCC2CC2)ccc1OC(=O)CCCCCCCCC1CC1. The number of rotatable bonds is 21. The van der Waals surface area contributed by atoms with Gasteiger partial charge in [0.15, 0.2) is 0 Å². The molecule has 4 heteroatoms. The predicted molar refractivity (Wildman–Crippen MR) is 146 cm³/mol. The average molecular weight is 499 g/mol. The summed E-state index contributed by atoms with van der Waals surface area (Å²) in [5.74, 6) is 2.86. The Labute approximate surface area is 219 Å². The van der Waals surface area contributed by atoms with Crippen molar-refractivity contribution in [3.05, 3.63) is 23.8 Å². The molecule has 0 N–H and O–H groups in total.